The molecule has 0 saturated heterocycles. The van der Waals surface area contributed by atoms with Crippen LogP contribution in [-0.4, -0.2) is 43.7 Å². The lowest BCUT2D eigenvalue weighted by atomic mass is 10.1. The Morgan fingerprint density at radius 2 is 1.55 bits per heavy atom. The van der Waals surface area contributed by atoms with E-state index in [1.165, 1.54) is 5.56 Å². The summed E-state index contributed by atoms with van der Waals surface area (Å²) in [6.07, 6.45) is 7.83. The van der Waals surface area contributed by atoms with Gasteiger partial charge in [-0.15, -0.1) is 0 Å². The lowest BCUT2D eigenvalue weighted by molar-refractivity contribution is 0.102. The Bertz CT molecular complexity index is 1290. The molecule has 0 saturated carbocycles. The zero-order chi connectivity index (χ0) is 28.3. The van der Waals surface area contributed by atoms with Crippen LogP contribution in [0.15, 0.2) is 79.3 Å². The summed E-state index contributed by atoms with van der Waals surface area (Å²) in [7, 11) is 0. The van der Waals surface area contributed by atoms with Gasteiger partial charge in [-0.3, -0.25) is 19.6 Å². The first kappa shape index (κ1) is 29.2. The predicted molar refractivity (Wildman–Crippen MR) is 162 cm³/mol. The molecule has 2 aromatic carbocycles. The van der Waals surface area contributed by atoms with Gasteiger partial charge in [0.1, 0.15) is 5.82 Å². The lowest BCUT2D eigenvalue weighted by Crippen LogP contribution is -2.27. The van der Waals surface area contributed by atoms with Crippen LogP contribution in [0.2, 0.25) is 0 Å². The number of imidazole rings is 1. The van der Waals surface area contributed by atoms with Crippen molar-refractivity contribution in [1.29, 1.82) is 0 Å². The highest BCUT2D eigenvalue weighted by Crippen LogP contribution is 2.22. The van der Waals surface area contributed by atoms with Crippen molar-refractivity contribution in [2.75, 3.05) is 18.4 Å². The quantitative estimate of drug-likeness (QED) is 0.186. The Hall–Kier alpha value is -3.81. The maximum atomic E-state index is 13.0. The number of rotatable bonds is 14. The zero-order valence-electron chi connectivity index (χ0n) is 24.2. The lowest BCUT2D eigenvalue weighted by Gasteiger charge is -2.27. The van der Waals surface area contributed by atoms with Gasteiger partial charge in [0.05, 0.1) is 11.7 Å². The zero-order valence-corrected chi connectivity index (χ0v) is 24.2. The van der Waals surface area contributed by atoms with Crippen LogP contribution < -0.4 is 5.32 Å². The first-order chi connectivity index (χ1) is 19.4. The van der Waals surface area contributed by atoms with E-state index in [1.807, 2.05) is 55.7 Å². The topological polar surface area (TPSA) is 77.2 Å². The fraction of sp³-hybridized carbons (Fsp3) is 0.364. The Morgan fingerprint density at radius 3 is 2.15 bits per heavy atom. The highest BCUT2D eigenvalue weighted by atomic mass is 16.1. The third-order valence-corrected chi connectivity index (χ3v) is 7.10. The Morgan fingerprint density at radius 1 is 0.875 bits per heavy atom. The van der Waals surface area contributed by atoms with Crippen LogP contribution in [0.5, 0.6) is 0 Å². The van der Waals surface area contributed by atoms with E-state index in [2.05, 4.69) is 75.1 Å². The highest BCUT2D eigenvalue weighted by Gasteiger charge is 2.19. The monoisotopic (exact) mass is 538 g/mol. The van der Waals surface area contributed by atoms with Gasteiger partial charge >= 0.3 is 0 Å². The summed E-state index contributed by atoms with van der Waals surface area (Å²) in [5.74, 6) is 0.806. The minimum Gasteiger partial charge on any atom is -0.347 e. The fourth-order valence-electron chi connectivity index (χ4n) is 4.86. The van der Waals surface area contributed by atoms with E-state index >= 15 is 0 Å². The summed E-state index contributed by atoms with van der Waals surface area (Å²) in [6, 6.07) is 20.3. The minimum absolute atomic E-state index is 0.0695. The molecule has 7 nitrogen and oxygen atoms in total. The highest BCUT2D eigenvalue weighted by molar-refractivity contribution is 6.04. The number of anilines is 1. The average Bonchev–Trinajstić information content (AvgIpc) is 3.50. The van der Waals surface area contributed by atoms with Gasteiger partial charge in [-0.05, 0) is 86.8 Å². The standard InChI is InChI=1S/C33H42N6O/c1-5-19-38(20-6-2)22-27-10-15-30(16-11-27)37-33(40)29-12-8-28(9-13-29)23-39(26(4)32-34-17-18-35-32)24-31-14-7-25(3)21-36-31/h7-18,21,26H,5-6,19-20,22-24H2,1-4H3,(H,34,35)(H,37,40). The maximum absolute atomic E-state index is 13.0. The van der Waals surface area contributed by atoms with Crippen molar-refractivity contribution in [2.45, 2.75) is 66.2 Å². The third-order valence-electron chi connectivity index (χ3n) is 7.10. The van der Waals surface area contributed by atoms with E-state index in [0.29, 0.717) is 18.7 Å². The van der Waals surface area contributed by atoms with Crippen molar-refractivity contribution in [3.8, 4) is 0 Å². The van der Waals surface area contributed by atoms with Gasteiger partial charge in [-0.2, -0.15) is 0 Å². The molecule has 0 fully saturated rings. The summed E-state index contributed by atoms with van der Waals surface area (Å²) in [5, 5.41) is 3.04. The smallest absolute Gasteiger partial charge is 0.255 e. The number of carbonyl (C=O) groups excluding carboxylic acids is 1. The van der Waals surface area contributed by atoms with E-state index in [-0.39, 0.29) is 11.9 Å². The molecule has 2 aromatic heterocycles. The first-order valence-corrected chi connectivity index (χ1v) is 14.3. The number of amides is 1. The Kier molecular flexibility index (Phi) is 10.6. The maximum Gasteiger partial charge on any atom is 0.255 e. The molecule has 0 aliphatic rings. The van der Waals surface area contributed by atoms with Crippen LogP contribution in [0.1, 0.15) is 78.2 Å². The van der Waals surface area contributed by atoms with E-state index in [4.69, 9.17) is 0 Å². The summed E-state index contributed by atoms with van der Waals surface area (Å²) >= 11 is 0. The number of pyridine rings is 1. The molecular weight excluding hydrogens is 496 g/mol. The van der Waals surface area contributed by atoms with Crippen LogP contribution in [-0.2, 0) is 19.6 Å². The van der Waals surface area contributed by atoms with Gasteiger partial charge in [0.15, 0.2) is 0 Å². The molecule has 1 atom stereocenters. The van der Waals surface area contributed by atoms with E-state index < -0.39 is 0 Å². The Labute approximate surface area is 238 Å². The molecule has 40 heavy (non-hydrogen) atoms. The van der Waals surface area contributed by atoms with E-state index in [0.717, 1.165) is 60.8 Å². The number of benzene rings is 2. The van der Waals surface area contributed by atoms with Crippen molar-refractivity contribution in [3.63, 3.8) is 0 Å². The summed E-state index contributed by atoms with van der Waals surface area (Å²) < 4.78 is 0. The van der Waals surface area contributed by atoms with Gasteiger partial charge in [-0.1, -0.05) is 44.2 Å². The SMILES string of the molecule is CCCN(CCC)Cc1ccc(NC(=O)c2ccc(CN(Cc3ccc(C)cn3)C(C)c3ncc[nH]3)cc2)cc1. The van der Waals surface area contributed by atoms with Gasteiger partial charge in [0.25, 0.3) is 5.91 Å². The molecular formula is C33H42N6O. The largest absolute Gasteiger partial charge is 0.347 e. The number of hydrogen-bond acceptors (Lipinski definition) is 5. The van der Waals surface area contributed by atoms with Crippen molar-refractivity contribution >= 4 is 11.6 Å². The molecule has 0 bridgehead atoms. The van der Waals surface area contributed by atoms with Crippen LogP contribution in [0, 0.1) is 6.92 Å². The van der Waals surface area contributed by atoms with Crippen LogP contribution in [0.4, 0.5) is 5.69 Å². The molecule has 7 heteroatoms. The molecule has 2 heterocycles. The third kappa shape index (κ3) is 8.34. The van der Waals surface area contributed by atoms with Crippen LogP contribution in [0.25, 0.3) is 0 Å². The number of nitrogens with zero attached hydrogens (tertiary/aromatic N) is 4. The number of nitrogens with one attached hydrogen (secondary N) is 2. The summed E-state index contributed by atoms with van der Waals surface area (Å²) in [4.78, 5) is 30.1. The van der Waals surface area contributed by atoms with Crippen LogP contribution >= 0.6 is 0 Å². The molecule has 1 amide bonds. The van der Waals surface area contributed by atoms with Gasteiger partial charge in [-0.25, -0.2) is 4.98 Å². The molecule has 0 aliphatic heterocycles. The van der Waals surface area contributed by atoms with Crippen LogP contribution in [0.3, 0.4) is 0 Å². The van der Waals surface area contributed by atoms with E-state index in [9.17, 15) is 4.79 Å². The number of aromatic amines is 1. The van der Waals surface area contributed by atoms with Gasteiger partial charge in [0.2, 0.25) is 0 Å². The molecule has 4 rings (SSSR count). The van der Waals surface area contributed by atoms with Gasteiger partial charge < -0.3 is 10.3 Å². The first-order valence-electron chi connectivity index (χ1n) is 14.3. The summed E-state index contributed by atoms with van der Waals surface area (Å²) in [5.41, 5.74) is 5.97. The molecule has 1 unspecified atom stereocenters. The fourth-order valence-corrected chi connectivity index (χ4v) is 4.86. The minimum atomic E-state index is -0.109. The van der Waals surface area contributed by atoms with Crippen molar-refractivity contribution in [3.05, 3.63) is 113 Å². The number of aromatic nitrogens is 3. The Balaban J connectivity index is 1.38. The molecule has 0 spiro atoms. The summed E-state index contributed by atoms with van der Waals surface area (Å²) in [6.45, 7) is 13.2. The predicted octanol–water partition coefficient (Wildman–Crippen LogP) is 6.75. The second kappa shape index (κ2) is 14.5. The van der Waals surface area contributed by atoms with Crippen molar-refractivity contribution in [2.24, 2.45) is 0 Å². The number of carbonyl (C=O) groups is 1. The normalized spacial score (nSPS) is 12.2. The average molecular weight is 539 g/mol. The molecule has 210 valence electrons. The van der Waals surface area contributed by atoms with E-state index in [1.54, 1.807) is 6.20 Å². The second-order valence-corrected chi connectivity index (χ2v) is 10.5. The molecule has 2 N–H and O–H groups in total. The number of hydrogen-bond donors (Lipinski definition) is 2. The van der Waals surface area contributed by atoms with Crippen molar-refractivity contribution in [1.82, 2.24) is 24.8 Å². The molecule has 0 aliphatic carbocycles. The number of H-pyrrole nitrogens is 1. The number of aryl methyl sites for hydroxylation is 1. The van der Waals surface area contributed by atoms with Crippen molar-refractivity contribution < 1.29 is 4.79 Å². The molecule has 0 radical (unpaired) electrons. The van der Waals surface area contributed by atoms with Gasteiger partial charge in [0, 0.05) is 49.5 Å². The second-order valence-electron chi connectivity index (χ2n) is 10.5. The molecule has 4 aromatic rings.